The first-order valence-electron chi connectivity index (χ1n) is 7.80. The lowest BCUT2D eigenvalue weighted by atomic mass is 10.2. The molecule has 0 saturated heterocycles. The Balaban J connectivity index is 1.84. The van der Waals surface area contributed by atoms with E-state index in [-0.39, 0.29) is 24.0 Å². The lowest BCUT2D eigenvalue weighted by Crippen LogP contribution is -2.30. The van der Waals surface area contributed by atoms with Crippen LogP contribution in [0.1, 0.15) is 29.5 Å². The van der Waals surface area contributed by atoms with E-state index in [9.17, 15) is 18.0 Å². The summed E-state index contributed by atoms with van der Waals surface area (Å²) >= 11 is 0. The van der Waals surface area contributed by atoms with E-state index in [0.717, 1.165) is 5.56 Å². The Morgan fingerprint density at radius 3 is 2.44 bits per heavy atom. The quantitative estimate of drug-likeness (QED) is 0.745. The molecule has 0 unspecified atom stereocenters. The van der Waals surface area contributed by atoms with Gasteiger partial charge in [0.15, 0.2) is 15.6 Å². The molecule has 1 aromatic heterocycles. The standard InChI is InChI=1S/C17H20N2O5S/c1-2-10-25(22,23)12-16(20)18-11-13-5-7-14(8-6-13)19-17(21)15-4-3-9-24-15/h3-9H,2,10-12H2,1H3,(H,18,20)(H,19,21). The molecule has 0 atom stereocenters. The van der Waals surface area contributed by atoms with Gasteiger partial charge in [-0.15, -0.1) is 0 Å². The number of carbonyl (C=O) groups is 2. The highest BCUT2D eigenvalue weighted by Crippen LogP contribution is 2.11. The first-order valence-corrected chi connectivity index (χ1v) is 9.62. The Morgan fingerprint density at radius 2 is 1.84 bits per heavy atom. The van der Waals surface area contributed by atoms with Crippen LogP contribution in [0.3, 0.4) is 0 Å². The zero-order valence-electron chi connectivity index (χ0n) is 13.8. The SMILES string of the molecule is CCCS(=O)(=O)CC(=O)NCc1ccc(NC(=O)c2ccco2)cc1. The maximum absolute atomic E-state index is 11.8. The topological polar surface area (TPSA) is 105 Å². The maximum Gasteiger partial charge on any atom is 0.291 e. The molecular formula is C17H20N2O5S. The molecule has 2 aromatic rings. The minimum absolute atomic E-state index is 0.00445. The molecule has 0 aliphatic rings. The van der Waals surface area contributed by atoms with Crippen LogP contribution in [0.25, 0.3) is 0 Å². The number of nitrogens with one attached hydrogen (secondary N) is 2. The smallest absolute Gasteiger partial charge is 0.291 e. The molecule has 1 heterocycles. The van der Waals surface area contributed by atoms with Crippen LogP contribution in [0.5, 0.6) is 0 Å². The molecule has 0 aliphatic heterocycles. The van der Waals surface area contributed by atoms with E-state index < -0.39 is 21.5 Å². The van der Waals surface area contributed by atoms with Crippen molar-refractivity contribution in [3.63, 3.8) is 0 Å². The van der Waals surface area contributed by atoms with Crippen LogP contribution in [-0.2, 0) is 21.2 Å². The monoisotopic (exact) mass is 364 g/mol. The summed E-state index contributed by atoms with van der Waals surface area (Å²) in [6.07, 6.45) is 1.90. The van der Waals surface area contributed by atoms with Gasteiger partial charge in [-0.1, -0.05) is 19.1 Å². The molecular weight excluding hydrogens is 344 g/mol. The van der Waals surface area contributed by atoms with Gasteiger partial charge in [0.25, 0.3) is 5.91 Å². The molecule has 2 rings (SSSR count). The Bertz CT molecular complexity index is 811. The fraction of sp³-hybridized carbons (Fsp3) is 0.294. The number of benzene rings is 1. The van der Waals surface area contributed by atoms with Gasteiger partial charge in [-0.05, 0) is 36.2 Å². The summed E-state index contributed by atoms with van der Waals surface area (Å²) in [6, 6.07) is 10.0. The Kier molecular flexibility index (Phi) is 6.35. The molecule has 0 saturated carbocycles. The fourth-order valence-corrected chi connectivity index (χ4v) is 3.41. The van der Waals surface area contributed by atoms with E-state index >= 15 is 0 Å². The van der Waals surface area contributed by atoms with Gasteiger partial charge in [0.2, 0.25) is 5.91 Å². The number of hydrogen-bond acceptors (Lipinski definition) is 5. The summed E-state index contributed by atoms with van der Waals surface area (Å²) in [7, 11) is -3.35. The van der Waals surface area contributed by atoms with Gasteiger partial charge < -0.3 is 15.1 Å². The van der Waals surface area contributed by atoms with Crippen molar-refractivity contribution in [2.45, 2.75) is 19.9 Å². The first-order chi connectivity index (χ1) is 11.9. The second kappa shape index (κ2) is 8.48. The lowest BCUT2D eigenvalue weighted by Gasteiger charge is -2.07. The fourth-order valence-electron chi connectivity index (χ4n) is 2.14. The summed E-state index contributed by atoms with van der Waals surface area (Å²) in [5.41, 5.74) is 1.37. The van der Waals surface area contributed by atoms with Crippen LogP contribution in [0.2, 0.25) is 0 Å². The summed E-state index contributed by atoms with van der Waals surface area (Å²) in [5, 5.41) is 5.26. The third-order valence-electron chi connectivity index (χ3n) is 3.31. The minimum Gasteiger partial charge on any atom is -0.459 e. The number of hydrogen-bond donors (Lipinski definition) is 2. The van der Waals surface area contributed by atoms with Crippen molar-refractivity contribution in [2.24, 2.45) is 0 Å². The molecule has 0 spiro atoms. The largest absolute Gasteiger partial charge is 0.459 e. The van der Waals surface area contributed by atoms with Gasteiger partial charge in [-0.3, -0.25) is 9.59 Å². The summed E-state index contributed by atoms with van der Waals surface area (Å²) < 4.78 is 28.2. The summed E-state index contributed by atoms with van der Waals surface area (Å²) in [6.45, 7) is 1.97. The van der Waals surface area contributed by atoms with Crippen LogP contribution in [-0.4, -0.2) is 31.7 Å². The van der Waals surface area contributed by atoms with Gasteiger partial charge in [0.05, 0.1) is 12.0 Å². The van der Waals surface area contributed by atoms with Crippen LogP contribution < -0.4 is 10.6 Å². The van der Waals surface area contributed by atoms with E-state index in [1.54, 1.807) is 43.3 Å². The molecule has 2 amide bonds. The first kappa shape index (κ1) is 18.7. The number of amides is 2. The average molecular weight is 364 g/mol. The van der Waals surface area contributed by atoms with Gasteiger partial charge in [0, 0.05) is 12.2 Å². The zero-order valence-corrected chi connectivity index (χ0v) is 14.6. The number of furan rings is 1. The number of rotatable bonds is 8. The van der Waals surface area contributed by atoms with E-state index in [4.69, 9.17) is 4.42 Å². The van der Waals surface area contributed by atoms with Crippen LogP contribution in [0, 0.1) is 0 Å². The molecule has 25 heavy (non-hydrogen) atoms. The van der Waals surface area contributed by atoms with Crippen molar-refractivity contribution in [1.29, 1.82) is 0 Å². The van der Waals surface area contributed by atoms with Crippen molar-refractivity contribution >= 4 is 27.3 Å². The molecule has 7 nitrogen and oxygen atoms in total. The minimum atomic E-state index is -3.35. The number of anilines is 1. The van der Waals surface area contributed by atoms with Crippen LogP contribution >= 0.6 is 0 Å². The molecule has 2 N–H and O–H groups in total. The average Bonchev–Trinajstić information content (AvgIpc) is 3.08. The predicted octanol–water partition coefficient (Wildman–Crippen LogP) is 1.97. The second-order valence-corrected chi connectivity index (χ2v) is 7.68. The Morgan fingerprint density at radius 1 is 1.12 bits per heavy atom. The Hall–Kier alpha value is -2.61. The summed E-state index contributed by atoms with van der Waals surface area (Å²) in [5.74, 6) is -1.16. The van der Waals surface area contributed by atoms with E-state index in [2.05, 4.69) is 10.6 Å². The lowest BCUT2D eigenvalue weighted by molar-refractivity contribution is -0.118. The number of sulfone groups is 1. The van der Waals surface area contributed by atoms with Crippen molar-refractivity contribution in [3.05, 3.63) is 54.0 Å². The highest BCUT2D eigenvalue weighted by atomic mass is 32.2. The third kappa shape index (κ3) is 6.07. The summed E-state index contributed by atoms with van der Waals surface area (Å²) in [4.78, 5) is 23.5. The van der Waals surface area contributed by atoms with E-state index in [1.165, 1.54) is 6.26 Å². The molecule has 1 aromatic carbocycles. The van der Waals surface area contributed by atoms with Gasteiger partial charge in [-0.2, -0.15) is 0 Å². The van der Waals surface area contributed by atoms with E-state index in [0.29, 0.717) is 12.1 Å². The molecule has 0 radical (unpaired) electrons. The highest BCUT2D eigenvalue weighted by molar-refractivity contribution is 7.92. The number of carbonyl (C=O) groups excluding carboxylic acids is 2. The van der Waals surface area contributed by atoms with Gasteiger partial charge in [-0.25, -0.2) is 8.42 Å². The van der Waals surface area contributed by atoms with E-state index in [1.807, 2.05) is 0 Å². The molecule has 0 aliphatic carbocycles. The maximum atomic E-state index is 11.8. The van der Waals surface area contributed by atoms with Crippen LogP contribution in [0.15, 0.2) is 47.1 Å². The Labute approximate surface area is 146 Å². The molecule has 0 bridgehead atoms. The van der Waals surface area contributed by atoms with Crippen LogP contribution in [0.4, 0.5) is 5.69 Å². The molecule has 8 heteroatoms. The van der Waals surface area contributed by atoms with Crippen molar-refractivity contribution in [2.75, 3.05) is 16.8 Å². The molecule has 134 valence electrons. The molecule has 0 fully saturated rings. The highest BCUT2D eigenvalue weighted by Gasteiger charge is 2.15. The second-order valence-electron chi connectivity index (χ2n) is 5.50. The zero-order chi connectivity index (χ0) is 18.3. The van der Waals surface area contributed by atoms with Gasteiger partial charge in [0.1, 0.15) is 5.75 Å². The van der Waals surface area contributed by atoms with Crippen molar-refractivity contribution in [3.8, 4) is 0 Å². The normalized spacial score (nSPS) is 11.1. The van der Waals surface area contributed by atoms with Gasteiger partial charge >= 0.3 is 0 Å². The van der Waals surface area contributed by atoms with Crippen molar-refractivity contribution in [1.82, 2.24) is 5.32 Å². The third-order valence-corrected chi connectivity index (χ3v) is 5.04. The predicted molar refractivity (Wildman–Crippen MR) is 93.9 cm³/mol. The van der Waals surface area contributed by atoms with Crippen molar-refractivity contribution < 1.29 is 22.4 Å².